The molecule has 0 aromatic heterocycles. The van der Waals surface area contributed by atoms with Crippen LogP contribution in [0.15, 0.2) is 24.3 Å². The van der Waals surface area contributed by atoms with Crippen molar-refractivity contribution in [1.29, 1.82) is 0 Å². The lowest BCUT2D eigenvalue weighted by atomic mass is 10.1. The Morgan fingerprint density at radius 3 is 2.00 bits per heavy atom. The molecule has 0 unspecified atom stereocenters. The maximum atomic E-state index is 11.8. The van der Waals surface area contributed by atoms with Crippen LogP contribution in [-0.4, -0.2) is 31.1 Å². The van der Waals surface area contributed by atoms with Crippen molar-refractivity contribution in [3.8, 4) is 0 Å². The molecule has 0 aliphatic heterocycles. The zero-order chi connectivity index (χ0) is 24.8. The van der Waals surface area contributed by atoms with Crippen LogP contribution in [0.1, 0.15) is 129 Å². The number of nitrogens with one attached hydrogen (secondary N) is 2. The molecule has 6 heteroatoms. The molecule has 200 valence electrons. The summed E-state index contributed by atoms with van der Waals surface area (Å²) in [5.41, 5.74) is 1.64. The number of hydrogen-bond donors (Lipinski definition) is 3. The quantitative estimate of drug-likeness (QED) is 0.0369. The average molecular weight is 483 g/mol. The SMILES string of the molecule is CCCCC/C=C\C/C=C\CCCCCCCC(=O)OCCCCCCCCCNCONO. The first-order valence-electron chi connectivity index (χ1n) is 14.0. The van der Waals surface area contributed by atoms with Gasteiger partial charge in [0.05, 0.1) is 6.61 Å². The first-order chi connectivity index (χ1) is 16.8. The predicted molar refractivity (Wildman–Crippen MR) is 142 cm³/mol. The topological polar surface area (TPSA) is 79.8 Å². The number of rotatable bonds is 27. The van der Waals surface area contributed by atoms with Gasteiger partial charge in [-0.25, -0.2) is 0 Å². The van der Waals surface area contributed by atoms with E-state index in [4.69, 9.17) is 9.94 Å². The molecule has 34 heavy (non-hydrogen) atoms. The summed E-state index contributed by atoms with van der Waals surface area (Å²) >= 11 is 0. The fourth-order valence-electron chi connectivity index (χ4n) is 3.73. The summed E-state index contributed by atoms with van der Waals surface area (Å²) < 4.78 is 5.36. The van der Waals surface area contributed by atoms with E-state index in [-0.39, 0.29) is 5.97 Å². The lowest BCUT2D eigenvalue weighted by molar-refractivity contribution is -0.143. The van der Waals surface area contributed by atoms with Crippen LogP contribution in [0.25, 0.3) is 0 Å². The number of hydrogen-bond acceptors (Lipinski definition) is 6. The predicted octanol–water partition coefficient (Wildman–Crippen LogP) is 7.53. The Bertz CT molecular complexity index is 469. The molecule has 0 rings (SSSR count). The van der Waals surface area contributed by atoms with E-state index < -0.39 is 0 Å². The van der Waals surface area contributed by atoms with Crippen molar-refractivity contribution in [2.24, 2.45) is 0 Å². The molecule has 3 N–H and O–H groups in total. The van der Waals surface area contributed by atoms with Gasteiger partial charge in [-0.2, -0.15) is 0 Å². The van der Waals surface area contributed by atoms with Crippen LogP contribution in [0.5, 0.6) is 0 Å². The largest absolute Gasteiger partial charge is 0.466 e. The monoisotopic (exact) mass is 482 g/mol. The van der Waals surface area contributed by atoms with E-state index in [2.05, 4.69) is 41.4 Å². The first kappa shape index (κ1) is 32.8. The molecule has 0 aromatic carbocycles. The van der Waals surface area contributed by atoms with Crippen LogP contribution in [0.3, 0.4) is 0 Å². The van der Waals surface area contributed by atoms with E-state index >= 15 is 0 Å². The van der Waals surface area contributed by atoms with E-state index in [0.717, 1.165) is 45.1 Å². The molecule has 0 bridgehead atoms. The van der Waals surface area contributed by atoms with E-state index in [0.29, 0.717) is 19.8 Å². The van der Waals surface area contributed by atoms with Gasteiger partial charge in [-0.1, -0.05) is 101 Å². The Balaban J connectivity index is 3.23. The fourth-order valence-corrected chi connectivity index (χ4v) is 3.73. The van der Waals surface area contributed by atoms with Gasteiger partial charge in [0.25, 0.3) is 0 Å². The number of esters is 1. The standard InChI is InChI=1S/C28H54N2O4/c1-2-3-4-5-6-7-8-9-10-11-12-13-15-18-21-24-28(31)33-26-23-20-17-14-16-19-22-25-29-27-34-30-32/h6-7,9-10,29-30,32H,2-5,8,11-27H2,1H3/b7-6-,10-9-. The minimum Gasteiger partial charge on any atom is -0.466 e. The maximum Gasteiger partial charge on any atom is 0.305 e. The zero-order valence-corrected chi connectivity index (χ0v) is 22.0. The summed E-state index contributed by atoms with van der Waals surface area (Å²) in [4.78, 5) is 16.4. The highest BCUT2D eigenvalue weighted by Crippen LogP contribution is 2.10. The number of carbonyl (C=O) groups is 1. The molecule has 0 aliphatic rings. The molecule has 0 atom stereocenters. The van der Waals surface area contributed by atoms with Crippen LogP contribution in [0.4, 0.5) is 0 Å². The van der Waals surface area contributed by atoms with Gasteiger partial charge in [0, 0.05) is 6.42 Å². The van der Waals surface area contributed by atoms with Crippen LogP contribution in [0.2, 0.25) is 0 Å². The highest BCUT2D eigenvalue weighted by atomic mass is 16.8. The summed E-state index contributed by atoms with van der Waals surface area (Å²) in [6.45, 7) is 4.02. The van der Waals surface area contributed by atoms with Crippen LogP contribution in [0, 0.1) is 0 Å². The summed E-state index contributed by atoms with van der Waals surface area (Å²) in [6.07, 6.45) is 31.0. The van der Waals surface area contributed by atoms with Gasteiger partial charge in [0.2, 0.25) is 0 Å². The second kappa shape index (κ2) is 29.8. The summed E-state index contributed by atoms with van der Waals surface area (Å²) in [5.74, 6) is -0.0291. The van der Waals surface area contributed by atoms with Crippen molar-refractivity contribution >= 4 is 5.97 Å². The highest BCUT2D eigenvalue weighted by molar-refractivity contribution is 5.69. The molecular weight excluding hydrogens is 428 g/mol. The summed E-state index contributed by atoms with van der Waals surface area (Å²) in [6, 6.07) is 0. The lowest BCUT2D eigenvalue weighted by Crippen LogP contribution is -2.23. The van der Waals surface area contributed by atoms with E-state index in [1.807, 2.05) is 0 Å². The zero-order valence-electron chi connectivity index (χ0n) is 22.0. The van der Waals surface area contributed by atoms with E-state index in [1.54, 1.807) is 5.64 Å². The van der Waals surface area contributed by atoms with E-state index in [9.17, 15) is 4.79 Å². The fraction of sp³-hybridized carbons (Fsp3) is 0.821. The molecule has 0 aliphatic carbocycles. The summed E-state index contributed by atoms with van der Waals surface area (Å²) in [5, 5.41) is 11.3. The Hall–Kier alpha value is -1.21. The lowest BCUT2D eigenvalue weighted by Gasteiger charge is -2.06. The van der Waals surface area contributed by atoms with Crippen molar-refractivity contribution in [1.82, 2.24) is 11.0 Å². The van der Waals surface area contributed by atoms with Crippen molar-refractivity contribution < 1.29 is 19.6 Å². The first-order valence-corrected chi connectivity index (χ1v) is 14.0. The van der Waals surface area contributed by atoms with Crippen molar-refractivity contribution in [2.45, 2.75) is 129 Å². The normalized spacial score (nSPS) is 11.7. The van der Waals surface area contributed by atoms with Gasteiger partial charge in [-0.05, 0) is 57.9 Å². The summed E-state index contributed by atoms with van der Waals surface area (Å²) in [7, 11) is 0. The molecule has 0 aromatic rings. The van der Waals surface area contributed by atoms with Gasteiger partial charge in [0.15, 0.2) is 0 Å². The number of allylic oxidation sites excluding steroid dienone is 4. The Kier molecular flexibility index (Phi) is 28.8. The average Bonchev–Trinajstić information content (AvgIpc) is 2.84. The Morgan fingerprint density at radius 2 is 1.32 bits per heavy atom. The van der Waals surface area contributed by atoms with Gasteiger partial charge in [-0.15, -0.1) is 0 Å². The second-order valence-corrected chi connectivity index (χ2v) is 9.06. The third-order valence-corrected chi connectivity index (χ3v) is 5.83. The Morgan fingerprint density at radius 1 is 0.735 bits per heavy atom. The molecule has 0 radical (unpaired) electrons. The minimum atomic E-state index is -0.0291. The number of ether oxygens (including phenoxy) is 1. The third kappa shape index (κ3) is 28.8. The Labute approximate surface area is 209 Å². The molecule has 0 fully saturated rings. The van der Waals surface area contributed by atoms with Crippen LogP contribution < -0.4 is 11.0 Å². The van der Waals surface area contributed by atoms with E-state index in [1.165, 1.54) is 77.0 Å². The molecule has 6 nitrogen and oxygen atoms in total. The molecular formula is C28H54N2O4. The highest BCUT2D eigenvalue weighted by Gasteiger charge is 2.02. The number of carbonyl (C=O) groups excluding carboxylic acids is 1. The molecule has 0 saturated heterocycles. The van der Waals surface area contributed by atoms with Crippen molar-refractivity contribution in [3.63, 3.8) is 0 Å². The minimum absolute atomic E-state index is 0.0291. The van der Waals surface area contributed by atoms with Crippen LogP contribution >= 0.6 is 0 Å². The molecule has 0 spiro atoms. The van der Waals surface area contributed by atoms with Gasteiger partial charge in [-0.3, -0.25) is 20.2 Å². The maximum absolute atomic E-state index is 11.8. The molecule has 0 saturated carbocycles. The van der Waals surface area contributed by atoms with Gasteiger partial charge in [0.1, 0.15) is 6.73 Å². The molecule has 0 heterocycles. The van der Waals surface area contributed by atoms with Crippen molar-refractivity contribution in [2.75, 3.05) is 19.9 Å². The van der Waals surface area contributed by atoms with Gasteiger partial charge >= 0.3 is 5.97 Å². The molecule has 0 amide bonds. The third-order valence-electron chi connectivity index (χ3n) is 5.83. The van der Waals surface area contributed by atoms with Crippen LogP contribution in [-0.2, 0) is 14.4 Å². The van der Waals surface area contributed by atoms with Gasteiger partial charge < -0.3 is 4.74 Å². The number of unbranched alkanes of at least 4 members (excludes halogenated alkanes) is 14. The second-order valence-electron chi connectivity index (χ2n) is 9.06. The van der Waals surface area contributed by atoms with Crippen molar-refractivity contribution in [3.05, 3.63) is 24.3 Å². The smallest absolute Gasteiger partial charge is 0.305 e.